The summed E-state index contributed by atoms with van der Waals surface area (Å²) in [5.41, 5.74) is 1.98. The molecule has 174 valence electrons. The zero-order valence-electron chi connectivity index (χ0n) is 18.9. The van der Waals surface area contributed by atoms with Gasteiger partial charge in [-0.3, -0.25) is 0 Å². The summed E-state index contributed by atoms with van der Waals surface area (Å²) in [6.07, 6.45) is 4.46. The Morgan fingerprint density at radius 2 is 1.09 bits per heavy atom. The van der Waals surface area contributed by atoms with Crippen molar-refractivity contribution in [1.82, 2.24) is 21.3 Å². The summed E-state index contributed by atoms with van der Waals surface area (Å²) in [5, 5.41) is 15.8. The fourth-order valence-corrected chi connectivity index (χ4v) is 6.50. The molecule has 4 N–H and O–H groups in total. The first kappa shape index (κ1) is 22.2. The second-order valence-electron chi connectivity index (χ2n) is 9.07. The van der Waals surface area contributed by atoms with Gasteiger partial charge in [0.15, 0.2) is 10.2 Å². The predicted molar refractivity (Wildman–Crippen MR) is 137 cm³/mol. The minimum atomic E-state index is -0.434. The second-order valence-corrected chi connectivity index (χ2v) is 9.88. The molecular weight excluding hydrogens is 452 g/mol. The summed E-state index contributed by atoms with van der Waals surface area (Å²) in [6, 6.07) is 16.8. The van der Waals surface area contributed by atoms with Gasteiger partial charge >= 0.3 is 0 Å². The molecule has 1 aliphatic carbocycles. The fraction of sp³-hybridized carbons (Fsp3) is 0.440. The van der Waals surface area contributed by atoms with Crippen LogP contribution in [0.2, 0.25) is 0 Å². The molecule has 4 unspecified atom stereocenters. The highest BCUT2D eigenvalue weighted by Crippen LogP contribution is 2.49. The van der Waals surface area contributed by atoms with Crippen LogP contribution in [0.1, 0.15) is 48.9 Å². The molecule has 0 radical (unpaired) electrons. The molecule has 2 aromatic rings. The number of methoxy groups -OCH3 is 2. The van der Waals surface area contributed by atoms with Gasteiger partial charge in [-0.05, 0) is 72.7 Å². The van der Waals surface area contributed by atoms with Crippen molar-refractivity contribution in [2.45, 2.75) is 43.4 Å². The minimum absolute atomic E-state index is 0.0789. The monoisotopic (exact) mass is 482 g/mol. The summed E-state index contributed by atoms with van der Waals surface area (Å²) in [4.78, 5) is 0. The van der Waals surface area contributed by atoms with Gasteiger partial charge in [-0.15, -0.1) is 0 Å². The predicted octanol–water partition coefficient (Wildman–Crippen LogP) is 3.94. The maximum absolute atomic E-state index is 5.77. The Morgan fingerprint density at radius 3 is 1.45 bits per heavy atom. The Hall–Kier alpha value is -2.58. The molecule has 4 atom stereocenters. The van der Waals surface area contributed by atoms with E-state index in [0.717, 1.165) is 37.2 Å². The van der Waals surface area contributed by atoms with E-state index in [2.05, 4.69) is 45.5 Å². The average molecular weight is 483 g/mol. The van der Waals surface area contributed by atoms with Crippen LogP contribution in [0.5, 0.6) is 11.5 Å². The first-order chi connectivity index (χ1) is 16.0. The maximum atomic E-state index is 5.77. The zero-order chi connectivity index (χ0) is 23.0. The van der Waals surface area contributed by atoms with Gasteiger partial charge in [0.05, 0.1) is 26.3 Å². The van der Waals surface area contributed by atoms with Gasteiger partial charge in [0.1, 0.15) is 17.2 Å². The third-order valence-corrected chi connectivity index (χ3v) is 7.86. The topological polar surface area (TPSA) is 66.6 Å². The Morgan fingerprint density at radius 1 is 0.697 bits per heavy atom. The quantitative estimate of drug-likeness (QED) is 0.489. The van der Waals surface area contributed by atoms with E-state index in [0.29, 0.717) is 10.2 Å². The lowest BCUT2D eigenvalue weighted by Crippen LogP contribution is -2.79. The Bertz CT molecular complexity index is 944. The van der Waals surface area contributed by atoms with E-state index in [1.54, 1.807) is 14.2 Å². The highest BCUT2D eigenvalue weighted by molar-refractivity contribution is 7.80. The Kier molecular flexibility index (Phi) is 6.05. The molecule has 1 spiro atoms. The van der Waals surface area contributed by atoms with Crippen LogP contribution >= 0.6 is 24.4 Å². The van der Waals surface area contributed by atoms with Crippen molar-refractivity contribution in [3.8, 4) is 11.5 Å². The molecule has 3 aliphatic rings. The molecule has 2 heterocycles. The smallest absolute Gasteiger partial charge is 0.168 e. The normalized spacial score (nSPS) is 30.8. The molecule has 0 bridgehead atoms. The zero-order valence-corrected chi connectivity index (χ0v) is 20.5. The number of rotatable bonds is 4. The van der Waals surface area contributed by atoms with E-state index in [1.165, 1.54) is 11.1 Å². The third-order valence-electron chi connectivity index (χ3n) is 7.42. The minimum Gasteiger partial charge on any atom is -0.497 e. The summed E-state index contributed by atoms with van der Waals surface area (Å²) in [6.45, 7) is 0. The summed E-state index contributed by atoms with van der Waals surface area (Å²) >= 11 is 11.5. The van der Waals surface area contributed by atoms with Crippen molar-refractivity contribution in [3.63, 3.8) is 0 Å². The van der Waals surface area contributed by atoms with Crippen molar-refractivity contribution in [3.05, 3.63) is 59.7 Å². The molecule has 2 aromatic carbocycles. The standard InChI is InChI=1S/C25H30N4O2S2/c1-30-17-11-7-15(8-12-17)21-19-5-3-4-6-20-22(16-9-13-18(31-2)14-10-16)27-24(33)29-25(19,20)28-23(32)26-21/h7-14,19-22H,3-6H2,1-2H3,(H2,26,28,32)(H2,27,29,33). The fourth-order valence-electron chi connectivity index (χ4n) is 5.91. The lowest BCUT2D eigenvalue weighted by atomic mass is 9.68. The highest BCUT2D eigenvalue weighted by atomic mass is 32.1. The van der Waals surface area contributed by atoms with Crippen LogP contribution < -0.4 is 30.7 Å². The van der Waals surface area contributed by atoms with Crippen LogP contribution in [0.4, 0.5) is 0 Å². The Balaban J connectivity index is 1.57. The van der Waals surface area contributed by atoms with E-state index in [9.17, 15) is 0 Å². The van der Waals surface area contributed by atoms with Crippen LogP contribution in [0.25, 0.3) is 0 Å². The van der Waals surface area contributed by atoms with Crippen LogP contribution in [-0.2, 0) is 0 Å². The lowest BCUT2D eigenvalue weighted by Gasteiger charge is -2.57. The van der Waals surface area contributed by atoms with E-state index in [4.69, 9.17) is 33.9 Å². The number of hydrogen-bond acceptors (Lipinski definition) is 4. The molecule has 2 saturated heterocycles. The molecule has 6 nitrogen and oxygen atoms in total. The van der Waals surface area contributed by atoms with E-state index in [-0.39, 0.29) is 23.9 Å². The van der Waals surface area contributed by atoms with Gasteiger partial charge in [-0.2, -0.15) is 0 Å². The van der Waals surface area contributed by atoms with Crippen LogP contribution in [0.3, 0.4) is 0 Å². The van der Waals surface area contributed by atoms with Crippen molar-refractivity contribution in [2.75, 3.05) is 14.2 Å². The molecular formula is C25H30N4O2S2. The molecule has 1 saturated carbocycles. The largest absolute Gasteiger partial charge is 0.497 e. The third kappa shape index (κ3) is 3.99. The number of nitrogens with one attached hydrogen (secondary N) is 4. The second kappa shape index (κ2) is 8.99. The Labute approximate surface area is 205 Å². The first-order valence-electron chi connectivity index (χ1n) is 11.5. The first-order valence-corrected chi connectivity index (χ1v) is 12.3. The van der Waals surface area contributed by atoms with Crippen LogP contribution in [0.15, 0.2) is 48.5 Å². The number of ether oxygens (including phenoxy) is 2. The molecule has 5 rings (SSSR count). The van der Waals surface area contributed by atoms with Crippen LogP contribution in [0, 0.1) is 11.8 Å². The summed E-state index contributed by atoms with van der Waals surface area (Å²) in [7, 11) is 3.38. The van der Waals surface area contributed by atoms with Crippen molar-refractivity contribution < 1.29 is 9.47 Å². The van der Waals surface area contributed by atoms with Crippen LogP contribution in [-0.4, -0.2) is 30.1 Å². The molecule has 8 heteroatoms. The molecule has 0 amide bonds. The van der Waals surface area contributed by atoms with Gasteiger partial charge in [-0.1, -0.05) is 37.1 Å². The SMILES string of the molecule is COc1ccc(C2NC(=S)NC34NC(=S)NC(c5ccc(OC)cc5)C3CCCCC24)cc1. The lowest BCUT2D eigenvalue weighted by molar-refractivity contribution is 0.0537. The molecule has 0 aromatic heterocycles. The average Bonchev–Trinajstić information content (AvgIpc) is 3.02. The van der Waals surface area contributed by atoms with E-state index < -0.39 is 5.66 Å². The van der Waals surface area contributed by atoms with E-state index in [1.807, 2.05) is 24.3 Å². The molecule has 3 fully saturated rings. The summed E-state index contributed by atoms with van der Waals surface area (Å²) < 4.78 is 10.8. The van der Waals surface area contributed by atoms with Gasteiger partial charge in [-0.25, -0.2) is 0 Å². The number of hydrogen-bond donors (Lipinski definition) is 4. The van der Waals surface area contributed by atoms with Crippen molar-refractivity contribution >= 4 is 34.7 Å². The van der Waals surface area contributed by atoms with Crippen molar-refractivity contribution in [1.29, 1.82) is 0 Å². The highest BCUT2D eigenvalue weighted by Gasteiger charge is 2.57. The number of thiocarbonyl (C=S) groups is 2. The number of benzene rings is 2. The van der Waals surface area contributed by atoms with Gasteiger partial charge in [0.2, 0.25) is 0 Å². The molecule has 33 heavy (non-hydrogen) atoms. The van der Waals surface area contributed by atoms with Gasteiger partial charge in [0.25, 0.3) is 0 Å². The molecule has 2 aliphatic heterocycles. The van der Waals surface area contributed by atoms with Crippen molar-refractivity contribution in [2.24, 2.45) is 11.8 Å². The van der Waals surface area contributed by atoms with Gasteiger partial charge in [0, 0.05) is 11.8 Å². The van der Waals surface area contributed by atoms with E-state index >= 15 is 0 Å². The maximum Gasteiger partial charge on any atom is 0.168 e. The summed E-state index contributed by atoms with van der Waals surface area (Å²) in [5.74, 6) is 2.21. The van der Waals surface area contributed by atoms with Gasteiger partial charge < -0.3 is 30.7 Å².